The SMILES string of the molecule is C1=CCC2[N]NCCC2C1. The molecule has 1 radical (unpaired) electrons. The minimum Gasteiger partial charge on any atom is -0.240 e. The average Bonchev–Trinajstić information content (AvgIpc) is 2.05. The molecule has 0 spiro atoms. The Bertz CT molecular complexity index is 126. The Balaban J connectivity index is 2.01. The molecule has 10 heavy (non-hydrogen) atoms. The molecular formula is C8H13N2. The number of hydrogen-bond acceptors (Lipinski definition) is 1. The van der Waals surface area contributed by atoms with Crippen LogP contribution in [0.25, 0.3) is 0 Å². The van der Waals surface area contributed by atoms with E-state index < -0.39 is 0 Å². The van der Waals surface area contributed by atoms with Crippen molar-refractivity contribution in [2.45, 2.75) is 25.3 Å². The van der Waals surface area contributed by atoms with E-state index in [0.717, 1.165) is 18.9 Å². The minimum absolute atomic E-state index is 0.582. The number of nitrogens with zero attached hydrogens (tertiary/aromatic N) is 1. The zero-order valence-electron chi connectivity index (χ0n) is 6.09. The zero-order chi connectivity index (χ0) is 6.81. The average molecular weight is 137 g/mol. The van der Waals surface area contributed by atoms with Crippen molar-refractivity contribution in [2.24, 2.45) is 5.92 Å². The van der Waals surface area contributed by atoms with Crippen molar-refractivity contribution in [3.63, 3.8) is 0 Å². The summed E-state index contributed by atoms with van der Waals surface area (Å²) in [5.74, 6) is 0.839. The van der Waals surface area contributed by atoms with Crippen LogP contribution >= 0.6 is 0 Å². The largest absolute Gasteiger partial charge is 0.240 e. The van der Waals surface area contributed by atoms with Crippen LogP contribution in [0.15, 0.2) is 12.2 Å². The summed E-state index contributed by atoms with van der Waals surface area (Å²) in [6.07, 6.45) is 8.24. The fraction of sp³-hybridized carbons (Fsp3) is 0.750. The fourth-order valence-corrected chi connectivity index (χ4v) is 1.76. The van der Waals surface area contributed by atoms with E-state index in [0.29, 0.717) is 6.04 Å². The summed E-state index contributed by atoms with van der Waals surface area (Å²) < 4.78 is 0. The van der Waals surface area contributed by atoms with E-state index in [1.807, 2.05) is 0 Å². The van der Waals surface area contributed by atoms with Gasteiger partial charge in [0.15, 0.2) is 0 Å². The van der Waals surface area contributed by atoms with E-state index in [-0.39, 0.29) is 0 Å². The lowest BCUT2D eigenvalue weighted by molar-refractivity contribution is 0.232. The van der Waals surface area contributed by atoms with Gasteiger partial charge in [0.2, 0.25) is 0 Å². The molecule has 1 aliphatic carbocycles. The number of nitrogens with one attached hydrogen (secondary N) is 1. The smallest absolute Gasteiger partial charge is 0.0482 e. The summed E-state index contributed by atoms with van der Waals surface area (Å²) in [7, 11) is 0. The Morgan fingerprint density at radius 1 is 1.30 bits per heavy atom. The van der Waals surface area contributed by atoms with E-state index in [9.17, 15) is 0 Å². The first-order chi connectivity index (χ1) is 4.97. The molecule has 2 atom stereocenters. The fourth-order valence-electron chi connectivity index (χ4n) is 1.76. The summed E-state index contributed by atoms with van der Waals surface area (Å²) in [6, 6.07) is 0.582. The minimum atomic E-state index is 0.582. The molecule has 1 fully saturated rings. The lowest BCUT2D eigenvalue weighted by Crippen LogP contribution is -2.46. The first-order valence-corrected chi connectivity index (χ1v) is 4.04. The van der Waals surface area contributed by atoms with Gasteiger partial charge in [-0.1, -0.05) is 12.2 Å². The van der Waals surface area contributed by atoms with Crippen LogP contribution in [0.1, 0.15) is 19.3 Å². The molecule has 0 aromatic carbocycles. The molecule has 2 heteroatoms. The Hall–Kier alpha value is -0.340. The Kier molecular flexibility index (Phi) is 1.74. The molecule has 2 rings (SSSR count). The maximum absolute atomic E-state index is 4.35. The zero-order valence-corrected chi connectivity index (χ0v) is 6.09. The molecule has 55 valence electrons. The third-order valence-corrected chi connectivity index (χ3v) is 2.41. The second kappa shape index (κ2) is 2.72. The van der Waals surface area contributed by atoms with E-state index in [2.05, 4.69) is 23.0 Å². The van der Waals surface area contributed by atoms with Crippen LogP contribution in [0, 0.1) is 5.92 Å². The molecular weight excluding hydrogens is 124 g/mol. The van der Waals surface area contributed by atoms with Gasteiger partial charge in [-0.05, 0) is 25.2 Å². The van der Waals surface area contributed by atoms with Gasteiger partial charge in [-0.3, -0.25) is 0 Å². The molecule has 0 aromatic heterocycles. The van der Waals surface area contributed by atoms with Crippen LogP contribution in [0.2, 0.25) is 0 Å². The predicted octanol–water partition coefficient (Wildman–Crippen LogP) is 0.834. The lowest BCUT2D eigenvalue weighted by Gasteiger charge is -2.32. The Morgan fingerprint density at radius 2 is 2.20 bits per heavy atom. The van der Waals surface area contributed by atoms with Gasteiger partial charge in [0.1, 0.15) is 0 Å². The molecule has 2 aliphatic rings. The third kappa shape index (κ3) is 1.09. The van der Waals surface area contributed by atoms with Crippen molar-refractivity contribution in [3.8, 4) is 0 Å². The van der Waals surface area contributed by atoms with Crippen molar-refractivity contribution in [1.82, 2.24) is 10.9 Å². The van der Waals surface area contributed by atoms with Gasteiger partial charge < -0.3 is 0 Å². The van der Waals surface area contributed by atoms with Crippen LogP contribution < -0.4 is 10.9 Å². The molecule has 0 amide bonds. The van der Waals surface area contributed by atoms with Crippen LogP contribution in [-0.4, -0.2) is 12.6 Å². The standard InChI is InChI=1S/C8H13N2/c1-2-4-8-7(3-1)5-6-9-10-8/h1-2,7-9H,3-6H2. The number of fused-ring (bicyclic) bond motifs is 1. The monoisotopic (exact) mass is 137 g/mol. The number of allylic oxidation sites excluding steroid dienone is 1. The van der Waals surface area contributed by atoms with Gasteiger partial charge in [0.05, 0.1) is 0 Å². The molecule has 2 unspecified atom stereocenters. The summed E-state index contributed by atoms with van der Waals surface area (Å²) in [5, 5.41) is 0. The Labute approximate surface area is 61.7 Å². The second-order valence-corrected chi connectivity index (χ2v) is 3.10. The first kappa shape index (κ1) is 6.38. The normalized spacial score (nSPS) is 39.2. The van der Waals surface area contributed by atoms with Crippen molar-refractivity contribution in [1.29, 1.82) is 0 Å². The maximum Gasteiger partial charge on any atom is 0.0482 e. The summed E-state index contributed by atoms with van der Waals surface area (Å²) in [6.45, 7) is 1.08. The Morgan fingerprint density at radius 3 is 3.10 bits per heavy atom. The van der Waals surface area contributed by atoms with Gasteiger partial charge in [-0.2, -0.15) is 5.43 Å². The van der Waals surface area contributed by atoms with Crippen LogP contribution in [0.3, 0.4) is 0 Å². The molecule has 1 heterocycles. The highest BCUT2D eigenvalue weighted by molar-refractivity contribution is 4.98. The molecule has 2 nitrogen and oxygen atoms in total. The van der Waals surface area contributed by atoms with E-state index >= 15 is 0 Å². The highest BCUT2D eigenvalue weighted by Crippen LogP contribution is 2.23. The number of hydrogen-bond donors (Lipinski definition) is 1. The van der Waals surface area contributed by atoms with Gasteiger partial charge in [0, 0.05) is 12.6 Å². The van der Waals surface area contributed by atoms with Gasteiger partial charge in [0.25, 0.3) is 0 Å². The number of rotatable bonds is 0. The molecule has 0 saturated carbocycles. The van der Waals surface area contributed by atoms with Gasteiger partial charge >= 0.3 is 0 Å². The van der Waals surface area contributed by atoms with Crippen molar-refractivity contribution < 1.29 is 0 Å². The van der Waals surface area contributed by atoms with Crippen LogP contribution in [0.4, 0.5) is 0 Å². The molecule has 1 aliphatic heterocycles. The lowest BCUT2D eigenvalue weighted by atomic mass is 9.86. The highest BCUT2D eigenvalue weighted by atomic mass is 15.4. The second-order valence-electron chi connectivity index (χ2n) is 3.10. The molecule has 1 saturated heterocycles. The maximum atomic E-state index is 4.35. The summed E-state index contributed by atoms with van der Waals surface area (Å²) in [4.78, 5) is 0. The molecule has 0 aromatic rings. The van der Waals surface area contributed by atoms with Crippen LogP contribution in [0.5, 0.6) is 0 Å². The van der Waals surface area contributed by atoms with Crippen molar-refractivity contribution in [2.75, 3.05) is 6.54 Å². The van der Waals surface area contributed by atoms with Gasteiger partial charge in [-0.15, -0.1) is 0 Å². The summed E-state index contributed by atoms with van der Waals surface area (Å²) in [5.41, 5.74) is 7.43. The van der Waals surface area contributed by atoms with E-state index in [1.54, 1.807) is 0 Å². The predicted molar refractivity (Wildman–Crippen MR) is 40.4 cm³/mol. The summed E-state index contributed by atoms with van der Waals surface area (Å²) >= 11 is 0. The van der Waals surface area contributed by atoms with Crippen molar-refractivity contribution >= 4 is 0 Å². The van der Waals surface area contributed by atoms with E-state index in [4.69, 9.17) is 0 Å². The molecule has 0 bridgehead atoms. The van der Waals surface area contributed by atoms with Crippen molar-refractivity contribution in [3.05, 3.63) is 12.2 Å². The van der Waals surface area contributed by atoms with Crippen LogP contribution in [-0.2, 0) is 0 Å². The van der Waals surface area contributed by atoms with Gasteiger partial charge in [-0.25, -0.2) is 5.43 Å². The topological polar surface area (TPSA) is 26.1 Å². The third-order valence-electron chi connectivity index (χ3n) is 2.41. The first-order valence-electron chi connectivity index (χ1n) is 4.04. The highest BCUT2D eigenvalue weighted by Gasteiger charge is 2.25. The quantitative estimate of drug-likeness (QED) is 0.492. The molecule has 1 N–H and O–H groups in total. The van der Waals surface area contributed by atoms with E-state index in [1.165, 1.54) is 12.8 Å².